The van der Waals surface area contributed by atoms with Crippen LogP contribution in [0.25, 0.3) is 0 Å². The zero-order valence-corrected chi connectivity index (χ0v) is 12.2. The second-order valence-corrected chi connectivity index (χ2v) is 5.85. The van der Waals surface area contributed by atoms with Gasteiger partial charge in [-0.1, -0.05) is 12.1 Å². The molecule has 1 aromatic rings. The normalized spacial score (nSPS) is 19.8. The minimum atomic E-state index is -0.152. The summed E-state index contributed by atoms with van der Waals surface area (Å²) in [5, 5.41) is 3.63. The molecule has 0 bridgehead atoms. The van der Waals surface area contributed by atoms with Gasteiger partial charge in [0.15, 0.2) is 0 Å². The number of nitrogens with zero attached hydrogens (tertiary/aromatic N) is 1. The lowest BCUT2D eigenvalue weighted by Crippen LogP contribution is -2.45. The Morgan fingerprint density at radius 2 is 1.89 bits per heavy atom. The molecule has 1 aliphatic rings. The first-order valence-electron chi connectivity index (χ1n) is 7.32. The van der Waals surface area contributed by atoms with Crippen LogP contribution in [0.3, 0.4) is 0 Å². The first-order valence-corrected chi connectivity index (χ1v) is 7.32. The van der Waals surface area contributed by atoms with E-state index in [9.17, 15) is 4.39 Å². The van der Waals surface area contributed by atoms with Crippen LogP contribution >= 0.6 is 0 Å². The Labute approximate surface area is 116 Å². The molecule has 0 spiro atoms. The zero-order valence-electron chi connectivity index (χ0n) is 12.2. The number of rotatable bonds is 4. The molecule has 2 rings (SSSR count). The molecule has 1 fully saturated rings. The summed E-state index contributed by atoms with van der Waals surface area (Å²) < 4.78 is 13.2. The molecule has 1 saturated heterocycles. The van der Waals surface area contributed by atoms with Crippen LogP contribution in [0, 0.1) is 5.82 Å². The van der Waals surface area contributed by atoms with Gasteiger partial charge in [-0.05, 0) is 64.4 Å². The fourth-order valence-corrected chi connectivity index (χ4v) is 2.81. The molecule has 1 atom stereocenters. The van der Waals surface area contributed by atoms with E-state index >= 15 is 0 Å². The highest BCUT2D eigenvalue weighted by Crippen LogP contribution is 2.19. The molecule has 0 aromatic heterocycles. The van der Waals surface area contributed by atoms with Crippen LogP contribution in [0.2, 0.25) is 0 Å². The van der Waals surface area contributed by atoms with Crippen LogP contribution in [0.1, 0.15) is 45.2 Å². The van der Waals surface area contributed by atoms with Crippen molar-refractivity contribution in [3.8, 4) is 0 Å². The van der Waals surface area contributed by atoms with E-state index in [4.69, 9.17) is 0 Å². The van der Waals surface area contributed by atoms with E-state index in [1.54, 1.807) is 12.1 Å². The number of piperidine rings is 1. The van der Waals surface area contributed by atoms with Crippen LogP contribution in [-0.4, -0.2) is 30.1 Å². The molecule has 0 saturated carbocycles. The molecule has 2 nitrogen and oxygen atoms in total. The smallest absolute Gasteiger partial charge is 0.123 e. The maximum absolute atomic E-state index is 13.2. The predicted molar refractivity (Wildman–Crippen MR) is 77.7 cm³/mol. The highest BCUT2D eigenvalue weighted by Gasteiger charge is 2.22. The van der Waals surface area contributed by atoms with Crippen LogP contribution in [0.15, 0.2) is 24.3 Å². The van der Waals surface area contributed by atoms with Gasteiger partial charge in [0, 0.05) is 18.1 Å². The third kappa shape index (κ3) is 4.02. The minimum Gasteiger partial charge on any atom is -0.307 e. The van der Waals surface area contributed by atoms with Gasteiger partial charge in [0.1, 0.15) is 5.82 Å². The van der Waals surface area contributed by atoms with E-state index in [0.717, 1.165) is 18.7 Å². The van der Waals surface area contributed by atoms with Crippen LogP contribution in [-0.2, 0) is 0 Å². The predicted octanol–water partition coefficient (Wildman–Crippen LogP) is 3.35. The van der Waals surface area contributed by atoms with Gasteiger partial charge in [-0.3, -0.25) is 0 Å². The molecular formula is C16H25FN2. The van der Waals surface area contributed by atoms with Gasteiger partial charge >= 0.3 is 0 Å². The number of hydrogen-bond acceptors (Lipinski definition) is 2. The van der Waals surface area contributed by atoms with Gasteiger partial charge < -0.3 is 10.2 Å². The average Bonchev–Trinajstić information content (AvgIpc) is 2.39. The lowest BCUT2D eigenvalue weighted by Gasteiger charge is -2.36. The van der Waals surface area contributed by atoms with E-state index in [0.29, 0.717) is 12.1 Å². The van der Waals surface area contributed by atoms with Gasteiger partial charge in [0.2, 0.25) is 0 Å². The minimum absolute atomic E-state index is 0.152. The van der Waals surface area contributed by atoms with Crippen molar-refractivity contribution < 1.29 is 4.39 Å². The maximum Gasteiger partial charge on any atom is 0.123 e. The second-order valence-electron chi connectivity index (χ2n) is 5.85. The highest BCUT2D eigenvalue weighted by molar-refractivity contribution is 5.19. The fourth-order valence-electron chi connectivity index (χ4n) is 2.81. The first kappa shape index (κ1) is 14.5. The molecule has 0 amide bonds. The van der Waals surface area contributed by atoms with Crippen LogP contribution in [0.5, 0.6) is 0 Å². The molecule has 1 N–H and O–H groups in total. The van der Waals surface area contributed by atoms with Crippen molar-refractivity contribution in [3.63, 3.8) is 0 Å². The summed E-state index contributed by atoms with van der Waals surface area (Å²) in [4.78, 5) is 2.52. The van der Waals surface area contributed by atoms with Crippen molar-refractivity contribution in [2.75, 3.05) is 13.1 Å². The summed E-state index contributed by atoms with van der Waals surface area (Å²) in [6.07, 6.45) is 2.36. The summed E-state index contributed by atoms with van der Waals surface area (Å²) in [5.74, 6) is -0.152. The Morgan fingerprint density at radius 3 is 2.47 bits per heavy atom. The summed E-state index contributed by atoms with van der Waals surface area (Å²) >= 11 is 0. The number of halogens is 1. The number of nitrogens with one attached hydrogen (secondary N) is 1. The summed E-state index contributed by atoms with van der Waals surface area (Å²) in [5.41, 5.74) is 1.03. The van der Waals surface area contributed by atoms with Gasteiger partial charge in [-0.15, -0.1) is 0 Å². The molecule has 1 unspecified atom stereocenters. The first-order chi connectivity index (χ1) is 9.06. The van der Waals surface area contributed by atoms with Crippen LogP contribution < -0.4 is 5.32 Å². The molecule has 1 aromatic carbocycles. The number of likely N-dealkylation sites (tertiary alicyclic amines) is 1. The average molecular weight is 264 g/mol. The van der Waals surface area contributed by atoms with Gasteiger partial charge in [0.05, 0.1) is 0 Å². The monoisotopic (exact) mass is 264 g/mol. The largest absolute Gasteiger partial charge is 0.307 e. The zero-order chi connectivity index (χ0) is 13.8. The Kier molecular flexibility index (Phi) is 4.94. The van der Waals surface area contributed by atoms with E-state index < -0.39 is 0 Å². The molecule has 1 heterocycles. The molecule has 106 valence electrons. The highest BCUT2D eigenvalue weighted by atomic mass is 19.1. The Hall–Kier alpha value is -0.930. The quantitative estimate of drug-likeness (QED) is 0.897. The van der Waals surface area contributed by atoms with Crippen molar-refractivity contribution in [2.45, 2.75) is 51.7 Å². The molecule has 3 heteroatoms. The SMILES string of the molecule is CC(NC1CCN(C(C)C)CC1)c1cccc(F)c1. The van der Waals surface area contributed by atoms with Gasteiger partial charge in [0.25, 0.3) is 0 Å². The molecule has 1 aliphatic heterocycles. The van der Waals surface area contributed by atoms with Crippen LogP contribution in [0.4, 0.5) is 4.39 Å². The van der Waals surface area contributed by atoms with Gasteiger partial charge in [-0.25, -0.2) is 4.39 Å². The number of benzene rings is 1. The van der Waals surface area contributed by atoms with E-state index in [1.165, 1.54) is 18.9 Å². The second kappa shape index (κ2) is 6.49. The van der Waals surface area contributed by atoms with Crippen molar-refractivity contribution in [1.82, 2.24) is 10.2 Å². The summed E-state index contributed by atoms with van der Waals surface area (Å²) in [6.45, 7) is 8.94. The Balaban J connectivity index is 1.85. The summed E-state index contributed by atoms with van der Waals surface area (Å²) in [6, 6.07) is 8.30. The van der Waals surface area contributed by atoms with E-state index in [-0.39, 0.29) is 11.9 Å². The third-order valence-electron chi connectivity index (χ3n) is 4.09. The fraction of sp³-hybridized carbons (Fsp3) is 0.625. The lowest BCUT2D eigenvalue weighted by atomic mass is 10.0. The Morgan fingerprint density at radius 1 is 1.21 bits per heavy atom. The van der Waals surface area contributed by atoms with E-state index in [2.05, 4.69) is 31.0 Å². The van der Waals surface area contributed by atoms with Gasteiger partial charge in [-0.2, -0.15) is 0 Å². The standard InChI is InChI=1S/C16H25FN2/c1-12(2)19-9-7-16(8-10-19)18-13(3)14-5-4-6-15(17)11-14/h4-6,11-13,16,18H,7-10H2,1-3H3. The van der Waals surface area contributed by atoms with Crippen molar-refractivity contribution in [1.29, 1.82) is 0 Å². The topological polar surface area (TPSA) is 15.3 Å². The number of hydrogen-bond donors (Lipinski definition) is 1. The van der Waals surface area contributed by atoms with Crippen molar-refractivity contribution in [2.24, 2.45) is 0 Å². The molecule has 0 radical (unpaired) electrons. The van der Waals surface area contributed by atoms with Crippen molar-refractivity contribution in [3.05, 3.63) is 35.6 Å². The third-order valence-corrected chi connectivity index (χ3v) is 4.09. The lowest BCUT2D eigenvalue weighted by molar-refractivity contribution is 0.157. The van der Waals surface area contributed by atoms with E-state index in [1.807, 2.05) is 6.07 Å². The van der Waals surface area contributed by atoms with Crippen molar-refractivity contribution >= 4 is 0 Å². The summed E-state index contributed by atoms with van der Waals surface area (Å²) in [7, 11) is 0. The maximum atomic E-state index is 13.2. The Bertz CT molecular complexity index is 397. The molecule has 19 heavy (non-hydrogen) atoms. The molecular weight excluding hydrogens is 239 g/mol. The molecule has 0 aliphatic carbocycles.